The number of benzene rings is 2. The second-order valence-corrected chi connectivity index (χ2v) is 7.84. The highest BCUT2D eigenvalue weighted by atomic mass is 35.5. The summed E-state index contributed by atoms with van der Waals surface area (Å²) in [6, 6.07) is 13.2. The largest absolute Gasteiger partial charge is 0.482 e. The molecule has 0 saturated carbocycles. The van der Waals surface area contributed by atoms with Gasteiger partial charge in [0.25, 0.3) is 15.9 Å². The summed E-state index contributed by atoms with van der Waals surface area (Å²) in [5.74, 6) is 0.0407. The lowest BCUT2D eigenvalue weighted by molar-refractivity contribution is -0.123. The predicted octanol–water partition coefficient (Wildman–Crippen LogP) is 3.24. The van der Waals surface area contributed by atoms with E-state index >= 15 is 0 Å². The summed E-state index contributed by atoms with van der Waals surface area (Å²) in [6.07, 6.45) is 0.964. The molecule has 0 aliphatic heterocycles. The highest BCUT2D eigenvalue weighted by Crippen LogP contribution is 2.23. The minimum absolute atomic E-state index is 0.0666. The molecule has 0 radical (unpaired) electrons. The van der Waals surface area contributed by atoms with Gasteiger partial charge in [-0.05, 0) is 42.2 Å². The van der Waals surface area contributed by atoms with Gasteiger partial charge in [0.15, 0.2) is 6.61 Å². The number of halogens is 1. The SMILES string of the molecule is CC[C@@H](C)c1ccc(S(=O)(=O)NNC(=O)COc2ccccc2Cl)cc1. The number of ether oxygens (including phenoxy) is 1. The first-order chi connectivity index (χ1) is 12.3. The first kappa shape index (κ1) is 20.2. The quantitative estimate of drug-likeness (QED) is 0.671. The Labute approximate surface area is 158 Å². The zero-order valence-electron chi connectivity index (χ0n) is 14.5. The summed E-state index contributed by atoms with van der Waals surface area (Å²) in [6.45, 7) is 3.76. The van der Waals surface area contributed by atoms with Crippen LogP contribution in [-0.4, -0.2) is 20.9 Å². The number of amides is 1. The fourth-order valence-electron chi connectivity index (χ4n) is 2.14. The molecule has 2 N–H and O–H groups in total. The number of para-hydroxylation sites is 1. The average Bonchev–Trinajstić information content (AvgIpc) is 2.65. The van der Waals surface area contributed by atoms with Crippen molar-refractivity contribution in [3.63, 3.8) is 0 Å². The van der Waals surface area contributed by atoms with Crippen molar-refractivity contribution in [3.8, 4) is 5.75 Å². The molecule has 1 amide bonds. The molecule has 140 valence electrons. The van der Waals surface area contributed by atoms with Gasteiger partial charge in [-0.25, -0.2) is 8.42 Å². The van der Waals surface area contributed by atoms with E-state index in [1.807, 2.05) is 4.83 Å². The number of sulfonamides is 1. The molecule has 0 saturated heterocycles. The summed E-state index contributed by atoms with van der Waals surface area (Å²) in [4.78, 5) is 13.9. The van der Waals surface area contributed by atoms with Crippen LogP contribution in [0.4, 0.5) is 0 Å². The fourth-order valence-corrected chi connectivity index (χ4v) is 3.19. The van der Waals surface area contributed by atoms with Gasteiger partial charge in [0, 0.05) is 0 Å². The average molecular weight is 397 g/mol. The molecule has 2 aromatic carbocycles. The molecule has 0 aromatic heterocycles. The lowest BCUT2D eigenvalue weighted by atomic mass is 9.99. The molecule has 0 aliphatic carbocycles. The van der Waals surface area contributed by atoms with Crippen LogP contribution in [0.25, 0.3) is 0 Å². The third kappa shape index (κ3) is 5.45. The van der Waals surface area contributed by atoms with E-state index in [1.54, 1.807) is 36.4 Å². The standard InChI is InChI=1S/C18H21ClN2O4S/c1-3-13(2)14-8-10-15(11-9-14)26(23,24)21-20-18(22)12-25-17-7-5-4-6-16(17)19/h4-11,13,21H,3,12H2,1-2H3,(H,20,22)/t13-/m1/s1. The van der Waals surface area contributed by atoms with Gasteiger partial charge in [-0.2, -0.15) is 0 Å². The Morgan fingerprint density at radius 2 is 1.81 bits per heavy atom. The number of carbonyl (C=O) groups excluding carboxylic acids is 1. The molecule has 26 heavy (non-hydrogen) atoms. The molecular weight excluding hydrogens is 376 g/mol. The summed E-state index contributed by atoms with van der Waals surface area (Å²) >= 11 is 5.91. The first-order valence-electron chi connectivity index (χ1n) is 8.11. The number of carbonyl (C=O) groups is 1. The fraction of sp³-hybridized carbons (Fsp3) is 0.278. The molecule has 2 rings (SSSR count). The Morgan fingerprint density at radius 3 is 2.42 bits per heavy atom. The lowest BCUT2D eigenvalue weighted by Crippen LogP contribution is -2.43. The first-order valence-corrected chi connectivity index (χ1v) is 9.97. The summed E-state index contributed by atoms with van der Waals surface area (Å²) < 4.78 is 29.7. The lowest BCUT2D eigenvalue weighted by Gasteiger charge is -2.12. The van der Waals surface area contributed by atoms with Gasteiger partial charge in [-0.3, -0.25) is 10.2 Å². The van der Waals surface area contributed by atoms with E-state index in [0.29, 0.717) is 16.7 Å². The van der Waals surface area contributed by atoms with E-state index in [2.05, 4.69) is 19.3 Å². The van der Waals surface area contributed by atoms with Crippen molar-refractivity contribution in [2.45, 2.75) is 31.1 Å². The second kappa shape index (κ2) is 9.02. The molecule has 6 nitrogen and oxygen atoms in total. The van der Waals surface area contributed by atoms with Crippen molar-refractivity contribution < 1.29 is 17.9 Å². The molecule has 1 atom stereocenters. The van der Waals surface area contributed by atoms with E-state index < -0.39 is 15.9 Å². The van der Waals surface area contributed by atoms with Gasteiger partial charge < -0.3 is 4.74 Å². The third-order valence-corrected chi connectivity index (χ3v) is 5.47. The monoisotopic (exact) mass is 396 g/mol. The Balaban J connectivity index is 1.91. The summed E-state index contributed by atoms with van der Waals surface area (Å²) in [7, 11) is -3.86. The van der Waals surface area contributed by atoms with Gasteiger partial charge >= 0.3 is 0 Å². The van der Waals surface area contributed by atoms with E-state index in [-0.39, 0.29) is 11.5 Å². The molecule has 0 bridgehead atoms. The molecule has 2 aromatic rings. The van der Waals surface area contributed by atoms with E-state index in [1.165, 1.54) is 12.1 Å². The number of hydrazine groups is 1. The predicted molar refractivity (Wildman–Crippen MR) is 101 cm³/mol. The highest BCUT2D eigenvalue weighted by molar-refractivity contribution is 7.89. The number of hydrogen-bond acceptors (Lipinski definition) is 4. The van der Waals surface area contributed by atoms with Gasteiger partial charge in [0.2, 0.25) is 0 Å². The minimum Gasteiger partial charge on any atom is -0.482 e. The third-order valence-electron chi connectivity index (χ3n) is 3.89. The molecular formula is C18H21ClN2O4S. The van der Waals surface area contributed by atoms with Crippen LogP contribution in [0.5, 0.6) is 5.75 Å². The molecule has 0 spiro atoms. The second-order valence-electron chi connectivity index (χ2n) is 5.75. The van der Waals surface area contributed by atoms with E-state index in [9.17, 15) is 13.2 Å². The topological polar surface area (TPSA) is 84.5 Å². The van der Waals surface area contributed by atoms with Gasteiger partial charge in [0.1, 0.15) is 5.75 Å². The van der Waals surface area contributed by atoms with Crippen LogP contribution in [0.1, 0.15) is 31.7 Å². The zero-order chi connectivity index (χ0) is 19.2. The van der Waals surface area contributed by atoms with Crippen LogP contribution in [0.2, 0.25) is 5.02 Å². The molecule has 8 heteroatoms. The van der Waals surface area contributed by atoms with Gasteiger partial charge in [-0.15, -0.1) is 4.83 Å². The Morgan fingerprint density at radius 1 is 1.15 bits per heavy atom. The van der Waals surface area contributed by atoms with Crippen molar-refractivity contribution in [1.29, 1.82) is 0 Å². The van der Waals surface area contributed by atoms with Crippen molar-refractivity contribution in [1.82, 2.24) is 10.3 Å². The van der Waals surface area contributed by atoms with Crippen LogP contribution in [-0.2, 0) is 14.8 Å². The van der Waals surface area contributed by atoms with Gasteiger partial charge in [-0.1, -0.05) is 49.7 Å². The number of hydrogen-bond donors (Lipinski definition) is 2. The van der Waals surface area contributed by atoms with Crippen molar-refractivity contribution in [3.05, 3.63) is 59.1 Å². The molecule has 0 aliphatic rings. The van der Waals surface area contributed by atoms with Crippen LogP contribution < -0.4 is 15.0 Å². The maximum atomic E-state index is 12.2. The summed E-state index contributed by atoms with van der Waals surface area (Å²) in [5.41, 5.74) is 3.17. The van der Waals surface area contributed by atoms with E-state index in [0.717, 1.165) is 12.0 Å². The zero-order valence-corrected chi connectivity index (χ0v) is 16.1. The molecule has 0 heterocycles. The van der Waals surface area contributed by atoms with Crippen LogP contribution in [0, 0.1) is 0 Å². The maximum Gasteiger partial charge on any atom is 0.272 e. The normalized spacial score (nSPS) is 12.4. The number of rotatable bonds is 8. The van der Waals surface area contributed by atoms with Crippen molar-refractivity contribution in [2.75, 3.05) is 6.61 Å². The highest BCUT2D eigenvalue weighted by Gasteiger charge is 2.16. The van der Waals surface area contributed by atoms with Crippen LogP contribution in [0.3, 0.4) is 0 Å². The van der Waals surface area contributed by atoms with E-state index in [4.69, 9.17) is 16.3 Å². The Hall–Kier alpha value is -2.09. The van der Waals surface area contributed by atoms with Gasteiger partial charge in [0.05, 0.1) is 9.92 Å². The molecule has 0 unspecified atom stereocenters. The minimum atomic E-state index is -3.86. The molecule has 0 fully saturated rings. The summed E-state index contributed by atoms with van der Waals surface area (Å²) in [5, 5.41) is 0.363. The van der Waals surface area contributed by atoms with Crippen molar-refractivity contribution in [2.24, 2.45) is 0 Å². The van der Waals surface area contributed by atoms with Crippen molar-refractivity contribution >= 4 is 27.5 Å². The number of nitrogens with one attached hydrogen (secondary N) is 2. The Bertz CT molecular complexity index is 854. The Kier molecular flexibility index (Phi) is 7.02. The van der Waals surface area contributed by atoms with Crippen LogP contribution in [0.15, 0.2) is 53.4 Å². The smallest absolute Gasteiger partial charge is 0.272 e. The maximum absolute atomic E-state index is 12.2. The van der Waals surface area contributed by atoms with Crippen LogP contribution >= 0.6 is 11.6 Å².